The van der Waals surface area contributed by atoms with E-state index < -0.39 is 6.04 Å². The minimum atomic E-state index is -0.751. The number of anilines is 3. The van der Waals surface area contributed by atoms with Gasteiger partial charge in [0.1, 0.15) is 29.3 Å². The highest BCUT2D eigenvalue weighted by molar-refractivity contribution is 6.31. The number of nitrogens with zero attached hydrogens (tertiary/aromatic N) is 4. The number of aliphatic imine (C=N–C) groups is 1. The van der Waals surface area contributed by atoms with Crippen LogP contribution in [-0.2, 0) is 0 Å². The molecule has 1 atom stereocenters. The Hall–Kier alpha value is -3.89. The van der Waals surface area contributed by atoms with E-state index in [4.69, 9.17) is 37.8 Å². The van der Waals surface area contributed by atoms with Gasteiger partial charge in [-0.2, -0.15) is 10.5 Å². The van der Waals surface area contributed by atoms with Gasteiger partial charge in [-0.3, -0.25) is 5.32 Å². The lowest BCUT2D eigenvalue weighted by Gasteiger charge is -2.26. The predicted octanol–water partition coefficient (Wildman–Crippen LogP) is 1.44. The molecule has 0 spiro atoms. The van der Waals surface area contributed by atoms with E-state index in [0.29, 0.717) is 27.6 Å². The van der Waals surface area contributed by atoms with E-state index in [2.05, 4.69) is 20.6 Å². The summed E-state index contributed by atoms with van der Waals surface area (Å²) in [4.78, 5) is 8.65. The van der Waals surface area contributed by atoms with E-state index in [1.165, 1.54) is 0 Å². The van der Waals surface area contributed by atoms with Gasteiger partial charge in [-0.25, -0.2) is 9.98 Å². The summed E-state index contributed by atoms with van der Waals surface area (Å²) in [5.41, 5.74) is 13.2. The average molecular weight is 383 g/mol. The smallest absolute Gasteiger partial charge is 0.231 e. The first-order valence-corrected chi connectivity index (χ1v) is 7.99. The summed E-state index contributed by atoms with van der Waals surface area (Å²) in [6, 6.07) is 4.48. The molecule has 6 N–H and O–H groups in total. The number of fused-ring (bicyclic) bond motifs is 2. The zero-order valence-corrected chi connectivity index (χ0v) is 14.3. The molecule has 0 saturated heterocycles. The molecule has 2 aromatic rings. The van der Waals surface area contributed by atoms with E-state index in [1.807, 2.05) is 6.07 Å². The normalized spacial score (nSPS) is 16.4. The third-order valence-corrected chi connectivity index (χ3v) is 4.47. The Morgan fingerprint density at radius 2 is 2.00 bits per heavy atom. The summed E-state index contributed by atoms with van der Waals surface area (Å²) in [6.07, 6.45) is 1.78. The first kappa shape index (κ1) is 16.6. The van der Waals surface area contributed by atoms with Crippen LogP contribution in [0, 0.1) is 22.8 Å². The molecule has 0 fully saturated rings. The molecule has 4 rings (SSSR count). The number of hydrogen-bond donors (Lipinski definition) is 4. The largest absolute Gasteiger partial charge is 0.454 e. The van der Waals surface area contributed by atoms with Gasteiger partial charge in [-0.05, 0) is 6.07 Å². The predicted molar refractivity (Wildman–Crippen MR) is 97.0 cm³/mol. The van der Waals surface area contributed by atoms with Crippen LogP contribution in [0.15, 0.2) is 17.1 Å². The van der Waals surface area contributed by atoms with Gasteiger partial charge >= 0.3 is 0 Å². The minimum absolute atomic E-state index is 0.0324. The number of nitrogen functional groups attached to an aromatic ring is 2. The Kier molecular flexibility index (Phi) is 3.76. The van der Waals surface area contributed by atoms with E-state index in [0.717, 1.165) is 0 Å². The Morgan fingerprint density at radius 3 is 2.70 bits per heavy atom. The van der Waals surface area contributed by atoms with E-state index >= 15 is 0 Å². The standard InChI is InChI=1S/C16H11ClN8O2/c17-8-2-10-9(26-5-27-10)1-6(8)13-11-12(20)7(3-18)14(21)24-15(11)25-16(23-13)22-4-19/h1-2,13H,5H2,(H6,20,21,22,23,24,25). The lowest BCUT2D eigenvalue weighted by atomic mass is 9.95. The molecule has 11 heteroatoms. The summed E-state index contributed by atoms with van der Waals surface area (Å²) in [6.45, 7) is 0.0846. The molecule has 0 aliphatic carbocycles. The molecule has 3 heterocycles. The maximum atomic E-state index is 9.35. The second-order valence-electron chi connectivity index (χ2n) is 5.63. The van der Waals surface area contributed by atoms with Crippen molar-refractivity contribution in [2.24, 2.45) is 4.99 Å². The van der Waals surface area contributed by atoms with Crippen molar-refractivity contribution in [2.45, 2.75) is 6.04 Å². The Balaban J connectivity index is 1.96. The summed E-state index contributed by atoms with van der Waals surface area (Å²) < 4.78 is 10.7. The number of nitriles is 2. The van der Waals surface area contributed by atoms with Crippen LogP contribution in [0.4, 0.5) is 17.3 Å². The molecule has 0 amide bonds. The van der Waals surface area contributed by atoms with Crippen LogP contribution in [-0.4, -0.2) is 17.7 Å². The van der Waals surface area contributed by atoms with Gasteiger partial charge < -0.3 is 26.3 Å². The lowest BCUT2D eigenvalue weighted by molar-refractivity contribution is 0.174. The molecule has 1 aromatic carbocycles. The number of guanidine groups is 1. The topological polar surface area (TPSA) is 167 Å². The number of halogens is 1. The molecule has 27 heavy (non-hydrogen) atoms. The summed E-state index contributed by atoms with van der Waals surface area (Å²) in [5.74, 6) is 1.39. The SMILES string of the molecule is N#CNC1=NC(c2cc3c(cc2Cl)OCO3)c2c(nc(N)c(C#N)c2N)N1. The lowest BCUT2D eigenvalue weighted by Crippen LogP contribution is -2.32. The van der Waals surface area contributed by atoms with Crippen LogP contribution in [0.3, 0.4) is 0 Å². The minimum Gasteiger partial charge on any atom is -0.454 e. The number of aromatic nitrogens is 1. The van der Waals surface area contributed by atoms with Crippen molar-refractivity contribution in [3.05, 3.63) is 33.8 Å². The van der Waals surface area contributed by atoms with Crippen molar-refractivity contribution in [3.63, 3.8) is 0 Å². The van der Waals surface area contributed by atoms with Crippen molar-refractivity contribution in [3.8, 4) is 23.8 Å². The third kappa shape index (κ3) is 2.56. The monoisotopic (exact) mass is 382 g/mol. The van der Waals surface area contributed by atoms with Crippen molar-refractivity contribution < 1.29 is 9.47 Å². The second kappa shape index (κ2) is 6.12. The number of benzene rings is 1. The molecule has 134 valence electrons. The zero-order chi connectivity index (χ0) is 19.1. The van der Waals surface area contributed by atoms with Crippen molar-refractivity contribution >= 4 is 34.9 Å². The maximum Gasteiger partial charge on any atom is 0.231 e. The van der Waals surface area contributed by atoms with Crippen molar-refractivity contribution in [1.29, 1.82) is 10.5 Å². The van der Waals surface area contributed by atoms with Crippen LogP contribution in [0.5, 0.6) is 11.5 Å². The van der Waals surface area contributed by atoms with Crippen molar-refractivity contribution in [1.82, 2.24) is 10.3 Å². The first-order chi connectivity index (χ1) is 13.0. The summed E-state index contributed by atoms with van der Waals surface area (Å²) in [5, 5.41) is 23.9. The first-order valence-electron chi connectivity index (χ1n) is 7.61. The van der Waals surface area contributed by atoms with Crippen LogP contribution < -0.4 is 31.6 Å². The van der Waals surface area contributed by atoms with Gasteiger partial charge in [0.15, 0.2) is 17.7 Å². The fourth-order valence-corrected chi connectivity index (χ4v) is 3.21. The molecule has 2 aliphatic rings. The van der Waals surface area contributed by atoms with E-state index in [9.17, 15) is 5.26 Å². The fourth-order valence-electron chi connectivity index (χ4n) is 2.95. The third-order valence-electron chi connectivity index (χ3n) is 4.14. The van der Waals surface area contributed by atoms with Crippen LogP contribution in [0.2, 0.25) is 5.02 Å². The molecule has 10 nitrogen and oxygen atoms in total. The van der Waals surface area contributed by atoms with Gasteiger partial charge in [0, 0.05) is 17.2 Å². The highest BCUT2D eigenvalue weighted by Gasteiger charge is 2.32. The number of rotatable bonds is 1. The van der Waals surface area contributed by atoms with Gasteiger partial charge in [0.25, 0.3) is 0 Å². The molecule has 1 aromatic heterocycles. The number of nitrogens with one attached hydrogen (secondary N) is 2. The zero-order valence-electron chi connectivity index (χ0n) is 13.6. The van der Waals surface area contributed by atoms with E-state index in [-0.39, 0.29) is 35.6 Å². The number of ether oxygens (including phenoxy) is 2. The van der Waals surface area contributed by atoms with Crippen LogP contribution in [0.1, 0.15) is 22.7 Å². The Labute approximate surface area is 158 Å². The molecule has 2 aliphatic heterocycles. The van der Waals surface area contributed by atoms with Gasteiger partial charge in [0.2, 0.25) is 12.8 Å². The maximum absolute atomic E-state index is 9.35. The quantitative estimate of drug-likeness (QED) is 0.421. The van der Waals surface area contributed by atoms with Gasteiger partial charge in [-0.1, -0.05) is 11.6 Å². The van der Waals surface area contributed by atoms with Crippen molar-refractivity contribution in [2.75, 3.05) is 23.6 Å². The fraction of sp³-hybridized carbons (Fsp3) is 0.125. The molecule has 1 unspecified atom stereocenters. The Bertz CT molecular complexity index is 1090. The van der Waals surface area contributed by atoms with Crippen LogP contribution >= 0.6 is 11.6 Å². The highest BCUT2D eigenvalue weighted by atomic mass is 35.5. The number of nitrogens with two attached hydrogens (primary N) is 2. The van der Waals surface area contributed by atoms with E-state index in [1.54, 1.807) is 18.3 Å². The molecular formula is C16H11ClN8O2. The van der Waals surface area contributed by atoms with Gasteiger partial charge in [0.05, 0.1) is 10.7 Å². The molecule has 0 radical (unpaired) electrons. The Morgan fingerprint density at radius 1 is 1.26 bits per heavy atom. The molecular weight excluding hydrogens is 372 g/mol. The second-order valence-corrected chi connectivity index (χ2v) is 6.04. The average Bonchev–Trinajstić information content (AvgIpc) is 3.08. The van der Waals surface area contributed by atoms with Gasteiger partial charge in [-0.15, -0.1) is 0 Å². The van der Waals surface area contributed by atoms with Crippen LogP contribution in [0.25, 0.3) is 0 Å². The number of pyridine rings is 1. The molecule has 0 saturated carbocycles. The number of hydrogen-bond acceptors (Lipinski definition) is 10. The highest BCUT2D eigenvalue weighted by Crippen LogP contribution is 2.46. The summed E-state index contributed by atoms with van der Waals surface area (Å²) >= 11 is 6.43. The summed E-state index contributed by atoms with van der Waals surface area (Å²) in [7, 11) is 0. The molecule has 0 bridgehead atoms.